The first-order chi connectivity index (χ1) is 8.74. The van der Waals surface area contributed by atoms with Crippen molar-refractivity contribution in [3.05, 3.63) is 23.9 Å². The molecule has 0 bridgehead atoms. The summed E-state index contributed by atoms with van der Waals surface area (Å²) in [6.45, 7) is 3.90. The molecule has 0 aromatic carbocycles. The molecule has 1 amide bonds. The molecule has 98 valence electrons. The van der Waals surface area contributed by atoms with E-state index in [9.17, 15) is 4.79 Å². The average Bonchev–Trinajstić information content (AvgIpc) is 2.46. The van der Waals surface area contributed by atoms with Gasteiger partial charge in [0.05, 0.1) is 0 Å². The lowest BCUT2D eigenvalue weighted by molar-refractivity contribution is 0.0671. The zero-order valence-electron chi connectivity index (χ0n) is 10.7. The molecule has 1 aromatic rings. The Morgan fingerprint density at radius 2 is 2.50 bits per heavy atom. The highest BCUT2D eigenvalue weighted by molar-refractivity contribution is 5.94. The van der Waals surface area contributed by atoms with Crippen LogP contribution in [0.25, 0.3) is 0 Å². The predicted octanol–water partition coefficient (Wildman–Crippen LogP) is 1.63. The van der Waals surface area contributed by atoms with E-state index in [0.717, 1.165) is 25.9 Å². The third kappa shape index (κ3) is 2.79. The Morgan fingerprint density at radius 1 is 1.67 bits per heavy atom. The van der Waals surface area contributed by atoms with Gasteiger partial charge in [-0.15, -0.1) is 0 Å². The summed E-state index contributed by atoms with van der Waals surface area (Å²) in [6.07, 6.45) is 5.06. The standard InChI is InChI=1S/C13H20N4O/c1-2-10-4-3-7-17(9-10)13(18)11-5-6-15-12(8-11)16-14/h5-6,8,10H,2-4,7,9,14H2,1H3,(H,15,16). The molecule has 1 aliphatic heterocycles. The molecule has 2 rings (SSSR count). The quantitative estimate of drug-likeness (QED) is 0.630. The second-order valence-corrected chi connectivity index (χ2v) is 4.74. The fraction of sp³-hybridized carbons (Fsp3) is 0.538. The number of nitrogen functional groups attached to an aromatic ring is 1. The highest BCUT2D eigenvalue weighted by Gasteiger charge is 2.23. The van der Waals surface area contributed by atoms with Crippen LogP contribution in [0.5, 0.6) is 0 Å². The number of anilines is 1. The smallest absolute Gasteiger partial charge is 0.254 e. The molecule has 5 heteroatoms. The van der Waals surface area contributed by atoms with E-state index in [4.69, 9.17) is 5.84 Å². The zero-order chi connectivity index (χ0) is 13.0. The SMILES string of the molecule is CCC1CCCN(C(=O)c2ccnc(NN)c2)C1. The van der Waals surface area contributed by atoms with E-state index in [0.29, 0.717) is 17.3 Å². The van der Waals surface area contributed by atoms with Crippen LogP contribution in [-0.2, 0) is 0 Å². The van der Waals surface area contributed by atoms with Gasteiger partial charge in [0.2, 0.25) is 0 Å². The van der Waals surface area contributed by atoms with Gasteiger partial charge in [0.25, 0.3) is 5.91 Å². The first kappa shape index (κ1) is 12.8. The largest absolute Gasteiger partial charge is 0.338 e. The van der Waals surface area contributed by atoms with Gasteiger partial charge in [0.15, 0.2) is 0 Å². The van der Waals surface area contributed by atoms with E-state index in [2.05, 4.69) is 17.3 Å². The summed E-state index contributed by atoms with van der Waals surface area (Å²) in [6, 6.07) is 3.43. The van der Waals surface area contributed by atoms with Crippen molar-refractivity contribution in [2.75, 3.05) is 18.5 Å². The van der Waals surface area contributed by atoms with Crippen LogP contribution in [0.2, 0.25) is 0 Å². The number of hydrazine groups is 1. The summed E-state index contributed by atoms with van der Waals surface area (Å²) >= 11 is 0. The lowest BCUT2D eigenvalue weighted by Gasteiger charge is -2.32. The number of aromatic nitrogens is 1. The van der Waals surface area contributed by atoms with Crippen molar-refractivity contribution < 1.29 is 4.79 Å². The Kier molecular flexibility index (Phi) is 4.15. The number of hydrogen-bond donors (Lipinski definition) is 2. The summed E-state index contributed by atoms with van der Waals surface area (Å²) in [4.78, 5) is 18.3. The molecule has 1 unspecified atom stereocenters. The summed E-state index contributed by atoms with van der Waals surface area (Å²) in [7, 11) is 0. The number of hydrogen-bond acceptors (Lipinski definition) is 4. The average molecular weight is 248 g/mol. The number of carbonyl (C=O) groups is 1. The van der Waals surface area contributed by atoms with Crippen LogP contribution in [-0.4, -0.2) is 28.9 Å². The van der Waals surface area contributed by atoms with Crippen molar-refractivity contribution in [3.8, 4) is 0 Å². The minimum absolute atomic E-state index is 0.0760. The lowest BCUT2D eigenvalue weighted by atomic mass is 9.95. The normalized spacial score (nSPS) is 19.7. The Labute approximate surface area is 107 Å². The van der Waals surface area contributed by atoms with Gasteiger partial charge in [-0.05, 0) is 30.9 Å². The summed E-state index contributed by atoms with van der Waals surface area (Å²) in [5, 5.41) is 0. The monoisotopic (exact) mass is 248 g/mol. The van der Waals surface area contributed by atoms with Crippen LogP contribution in [0.4, 0.5) is 5.82 Å². The fourth-order valence-electron chi connectivity index (χ4n) is 2.41. The third-order valence-corrected chi connectivity index (χ3v) is 3.54. The van der Waals surface area contributed by atoms with E-state index < -0.39 is 0 Å². The molecular weight excluding hydrogens is 228 g/mol. The maximum atomic E-state index is 12.4. The maximum Gasteiger partial charge on any atom is 0.254 e. The highest BCUT2D eigenvalue weighted by Crippen LogP contribution is 2.21. The molecule has 1 fully saturated rings. The van der Waals surface area contributed by atoms with E-state index in [1.165, 1.54) is 6.42 Å². The minimum Gasteiger partial charge on any atom is -0.338 e. The zero-order valence-corrected chi connectivity index (χ0v) is 10.7. The number of carbonyl (C=O) groups excluding carboxylic acids is 1. The first-order valence-corrected chi connectivity index (χ1v) is 6.46. The molecule has 1 atom stereocenters. The second-order valence-electron chi connectivity index (χ2n) is 4.74. The van der Waals surface area contributed by atoms with Crippen LogP contribution < -0.4 is 11.3 Å². The van der Waals surface area contributed by atoms with Crippen LogP contribution in [0.15, 0.2) is 18.3 Å². The Balaban J connectivity index is 2.10. The van der Waals surface area contributed by atoms with Crippen molar-refractivity contribution in [2.45, 2.75) is 26.2 Å². The van der Waals surface area contributed by atoms with Gasteiger partial charge in [0, 0.05) is 24.8 Å². The van der Waals surface area contributed by atoms with Gasteiger partial charge in [-0.2, -0.15) is 0 Å². The van der Waals surface area contributed by atoms with Crippen LogP contribution in [0.3, 0.4) is 0 Å². The van der Waals surface area contributed by atoms with Gasteiger partial charge in [-0.25, -0.2) is 10.8 Å². The maximum absolute atomic E-state index is 12.4. The molecule has 18 heavy (non-hydrogen) atoms. The lowest BCUT2D eigenvalue weighted by Crippen LogP contribution is -2.39. The number of likely N-dealkylation sites (tertiary alicyclic amines) is 1. The number of amides is 1. The van der Waals surface area contributed by atoms with E-state index in [-0.39, 0.29) is 5.91 Å². The topological polar surface area (TPSA) is 71.2 Å². The molecule has 2 heterocycles. The molecule has 3 N–H and O–H groups in total. The molecule has 0 aliphatic carbocycles. The number of nitrogens with two attached hydrogens (primary N) is 1. The predicted molar refractivity (Wildman–Crippen MR) is 71.0 cm³/mol. The van der Waals surface area contributed by atoms with Gasteiger partial charge in [-0.3, -0.25) is 4.79 Å². The Hall–Kier alpha value is -1.62. The molecule has 1 aliphatic rings. The number of piperidine rings is 1. The first-order valence-electron chi connectivity index (χ1n) is 6.46. The summed E-state index contributed by atoms with van der Waals surface area (Å²) in [5.41, 5.74) is 3.11. The number of nitrogens with one attached hydrogen (secondary N) is 1. The molecule has 1 saturated heterocycles. The van der Waals surface area contributed by atoms with Crippen molar-refractivity contribution >= 4 is 11.7 Å². The summed E-state index contributed by atoms with van der Waals surface area (Å²) in [5.74, 6) is 6.53. The van der Waals surface area contributed by atoms with Gasteiger partial charge >= 0.3 is 0 Å². The van der Waals surface area contributed by atoms with Crippen molar-refractivity contribution in [1.29, 1.82) is 0 Å². The number of rotatable bonds is 3. The fourth-order valence-corrected chi connectivity index (χ4v) is 2.41. The van der Waals surface area contributed by atoms with Crippen molar-refractivity contribution in [2.24, 2.45) is 11.8 Å². The van der Waals surface area contributed by atoms with E-state index in [1.54, 1.807) is 18.3 Å². The molecule has 0 saturated carbocycles. The van der Waals surface area contributed by atoms with Crippen LogP contribution in [0, 0.1) is 5.92 Å². The van der Waals surface area contributed by atoms with Crippen molar-refractivity contribution in [3.63, 3.8) is 0 Å². The Morgan fingerprint density at radius 3 is 3.22 bits per heavy atom. The molecule has 0 radical (unpaired) electrons. The van der Waals surface area contributed by atoms with E-state index in [1.807, 2.05) is 4.90 Å². The van der Waals surface area contributed by atoms with Gasteiger partial charge in [0.1, 0.15) is 5.82 Å². The van der Waals surface area contributed by atoms with Gasteiger partial charge in [-0.1, -0.05) is 13.3 Å². The third-order valence-electron chi connectivity index (χ3n) is 3.54. The molecular formula is C13H20N4O. The van der Waals surface area contributed by atoms with Crippen molar-refractivity contribution in [1.82, 2.24) is 9.88 Å². The van der Waals surface area contributed by atoms with E-state index >= 15 is 0 Å². The molecule has 5 nitrogen and oxygen atoms in total. The summed E-state index contributed by atoms with van der Waals surface area (Å²) < 4.78 is 0. The van der Waals surface area contributed by atoms with Crippen LogP contribution >= 0.6 is 0 Å². The second kappa shape index (κ2) is 5.82. The number of pyridine rings is 1. The highest BCUT2D eigenvalue weighted by atomic mass is 16.2. The number of nitrogens with zero attached hydrogens (tertiary/aromatic N) is 2. The Bertz CT molecular complexity index is 421. The minimum atomic E-state index is 0.0760. The van der Waals surface area contributed by atoms with Crippen LogP contribution in [0.1, 0.15) is 36.5 Å². The molecule has 0 spiro atoms. The van der Waals surface area contributed by atoms with Gasteiger partial charge < -0.3 is 10.3 Å². The molecule has 1 aromatic heterocycles.